The third-order valence-corrected chi connectivity index (χ3v) is 4.35. The highest BCUT2D eigenvalue weighted by molar-refractivity contribution is 6.09. The highest BCUT2D eigenvalue weighted by Gasteiger charge is 2.63. The molecule has 3 heterocycles. The minimum Gasteiger partial charge on any atom is -0.373 e. The van der Waals surface area contributed by atoms with Crippen LogP contribution >= 0.6 is 0 Å². The quantitative estimate of drug-likeness (QED) is 0.680. The Balaban J connectivity index is 1.93. The monoisotopic (exact) mass is 252 g/mol. The topological polar surface area (TPSA) is 89.7 Å². The summed E-state index contributed by atoms with van der Waals surface area (Å²) in [5.74, 6) is -1.94. The minimum absolute atomic E-state index is 0.146. The van der Waals surface area contributed by atoms with Crippen LogP contribution in [-0.4, -0.2) is 40.9 Å². The number of imide groups is 1. The summed E-state index contributed by atoms with van der Waals surface area (Å²) in [5.41, 5.74) is 5.27. The van der Waals surface area contributed by atoms with Gasteiger partial charge in [0.1, 0.15) is 6.04 Å². The van der Waals surface area contributed by atoms with Crippen molar-refractivity contribution in [2.75, 3.05) is 0 Å². The summed E-state index contributed by atoms with van der Waals surface area (Å²) in [5, 5.41) is 0. The van der Waals surface area contributed by atoms with E-state index in [9.17, 15) is 14.4 Å². The average Bonchev–Trinajstić information content (AvgIpc) is 2.98. The van der Waals surface area contributed by atoms with Gasteiger partial charge in [0.2, 0.25) is 17.7 Å². The second-order valence-electron chi connectivity index (χ2n) is 5.21. The summed E-state index contributed by atoms with van der Waals surface area (Å²) in [4.78, 5) is 37.1. The number of rotatable bonds is 3. The zero-order valence-corrected chi connectivity index (χ0v) is 10.2. The van der Waals surface area contributed by atoms with Crippen LogP contribution in [0.3, 0.4) is 0 Å². The minimum atomic E-state index is -0.810. The number of hydrogen-bond acceptors (Lipinski definition) is 4. The lowest BCUT2D eigenvalue weighted by Gasteiger charge is -2.24. The van der Waals surface area contributed by atoms with Crippen molar-refractivity contribution < 1.29 is 19.1 Å². The Kier molecular flexibility index (Phi) is 2.45. The average molecular weight is 252 g/mol. The van der Waals surface area contributed by atoms with Gasteiger partial charge in [0.25, 0.3) is 0 Å². The molecule has 2 bridgehead atoms. The van der Waals surface area contributed by atoms with E-state index in [1.165, 1.54) is 0 Å². The first-order valence-electron chi connectivity index (χ1n) is 6.38. The Morgan fingerprint density at radius 3 is 2.22 bits per heavy atom. The first kappa shape index (κ1) is 11.6. The van der Waals surface area contributed by atoms with E-state index in [0.29, 0.717) is 6.42 Å². The number of nitrogens with zero attached hydrogens (tertiary/aromatic N) is 1. The van der Waals surface area contributed by atoms with E-state index in [-0.39, 0.29) is 35.9 Å². The first-order valence-corrected chi connectivity index (χ1v) is 6.38. The molecule has 0 aromatic heterocycles. The number of fused-ring (bicyclic) bond motifs is 5. The molecule has 6 heteroatoms. The molecule has 0 aliphatic carbocycles. The smallest absolute Gasteiger partial charge is 0.240 e. The predicted molar refractivity (Wildman–Crippen MR) is 60.0 cm³/mol. The maximum absolute atomic E-state index is 12.3. The molecule has 3 saturated heterocycles. The number of amides is 3. The van der Waals surface area contributed by atoms with Gasteiger partial charge >= 0.3 is 0 Å². The van der Waals surface area contributed by atoms with Gasteiger partial charge in [0, 0.05) is 0 Å². The molecular weight excluding hydrogens is 236 g/mol. The molecule has 0 radical (unpaired) electrons. The lowest BCUT2D eigenvalue weighted by atomic mass is 9.81. The van der Waals surface area contributed by atoms with Gasteiger partial charge in [0.15, 0.2) is 0 Å². The van der Waals surface area contributed by atoms with Crippen molar-refractivity contribution in [2.45, 2.75) is 44.4 Å². The van der Waals surface area contributed by atoms with Gasteiger partial charge in [-0.1, -0.05) is 6.92 Å². The summed E-state index contributed by atoms with van der Waals surface area (Å²) < 4.78 is 5.62. The number of likely N-dealkylation sites (tertiary alicyclic amines) is 1. The number of primary amides is 1. The van der Waals surface area contributed by atoms with Gasteiger partial charge in [-0.15, -0.1) is 0 Å². The maximum Gasteiger partial charge on any atom is 0.240 e. The van der Waals surface area contributed by atoms with Crippen molar-refractivity contribution in [3.05, 3.63) is 0 Å². The molecule has 6 nitrogen and oxygen atoms in total. The molecule has 0 unspecified atom stereocenters. The first-order chi connectivity index (χ1) is 8.56. The Bertz CT molecular complexity index is 408. The molecule has 3 fully saturated rings. The summed E-state index contributed by atoms with van der Waals surface area (Å²) >= 11 is 0. The van der Waals surface area contributed by atoms with Gasteiger partial charge < -0.3 is 10.5 Å². The van der Waals surface area contributed by atoms with Gasteiger partial charge in [0.05, 0.1) is 24.0 Å². The van der Waals surface area contributed by atoms with Gasteiger partial charge in [-0.3, -0.25) is 19.3 Å². The molecule has 0 saturated carbocycles. The lowest BCUT2D eigenvalue weighted by molar-refractivity contribution is -0.149. The zero-order chi connectivity index (χ0) is 13.0. The summed E-state index contributed by atoms with van der Waals surface area (Å²) in [6.07, 6.45) is 1.72. The van der Waals surface area contributed by atoms with Crippen molar-refractivity contribution >= 4 is 17.7 Å². The maximum atomic E-state index is 12.3. The Morgan fingerprint density at radius 1 is 1.33 bits per heavy atom. The van der Waals surface area contributed by atoms with Crippen LogP contribution in [0, 0.1) is 11.8 Å². The molecule has 3 rings (SSSR count). The zero-order valence-electron chi connectivity index (χ0n) is 10.2. The molecular formula is C12H16N2O4. The van der Waals surface area contributed by atoms with Crippen LogP contribution in [0.25, 0.3) is 0 Å². The molecule has 0 aromatic rings. The Hall–Kier alpha value is -1.43. The van der Waals surface area contributed by atoms with E-state index in [1.54, 1.807) is 6.92 Å². The molecule has 2 N–H and O–H groups in total. The molecule has 3 aliphatic heterocycles. The molecule has 5 atom stereocenters. The van der Waals surface area contributed by atoms with Crippen LogP contribution in [0.4, 0.5) is 0 Å². The number of carbonyl (C=O) groups excluding carboxylic acids is 3. The van der Waals surface area contributed by atoms with E-state index in [0.717, 1.165) is 17.7 Å². The highest BCUT2D eigenvalue weighted by Crippen LogP contribution is 2.48. The standard InChI is InChI=1S/C12H16N2O4/c1-2-5(10(13)15)14-11(16)8-6-3-4-7(18-6)9(8)12(14)17/h5-9H,2-4H2,1H3,(H2,13,15)/t5-,6-,7-,8-,9+/m0/s1. The molecule has 3 aliphatic rings. The van der Waals surface area contributed by atoms with Gasteiger partial charge in [-0.25, -0.2) is 0 Å². The van der Waals surface area contributed by atoms with E-state index >= 15 is 0 Å². The Morgan fingerprint density at radius 2 is 1.83 bits per heavy atom. The fourth-order valence-corrected chi connectivity index (χ4v) is 3.55. The molecule has 3 amide bonds. The van der Waals surface area contributed by atoms with Gasteiger partial charge in [-0.05, 0) is 19.3 Å². The second kappa shape index (κ2) is 3.78. The van der Waals surface area contributed by atoms with Crippen LogP contribution in [0.15, 0.2) is 0 Å². The number of hydrogen-bond donors (Lipinski definition) is 1. The third-order valence-electron chi connectivity index (χ3n) is 4.35. The summed E-state index contributed by atoms with van der Waals surface area (Å²) in [7, 11) is 0. The predicted octanol–water partition coefficient (Wildman–Crippen LogP) is -0.587. The van der Waals surface area contributed by atoms with E-state index in [1.807, 2.05) is 0 Å². The van der Waals surface area contributed by atoms with Crippen molar-refractivity contribution in [3.63, 3.8) is 0 Å². The summed E-state index contributed by atoms with van der Waals surface area (Å²) in [6.45, 7) is 1.75. The van der Waals surface area contributed by atoms with Crippen LogP contribution in [0.5, 0.6) is 0 Å². The highest BCUT2D eigenvalue weighted by atomic mass is 16.5. The van der Waals surface area contributed by atoms with E-state index in [2.05, 4.69) is 0 Å². The van der Waals surface area contributed by atoms with Crippen molar-refractivity contribution in [1.29, 1.82) is 0 Å². The molecule has 18 heavy (non-hydrogen) atoms. The van der Waals surface area contributed by atoms with Crippen LogP contribution in [0.1, 0.15) is 26.2 Å². The van der Waals surface area contributed by atoms with Crippen molar-refractivity contribution in [1.82, 2.24) is 4.90 Å². The SMILES string of the molecule is CC[C@@H](C(N)=O)N1C(=O)[C@@H]2[C@H](C1=O)[C@@H]1CC[C@@H]2O1. The van der Waals surface area contributed by atoms with Crippen molar-refractivity contribution in [3.8, 4) is 0 Å². The normalized spacial score (nSPS) is 39.3. The Labute approximate surface area is 104 Å². The van der Waals surface area contributed by atoms with Gasteiger partial charge in [-0.2, -0.15) is 0 Å². The van der Waals surface area contributed by atoms with E-state index < -0.39 is 11.9 Å². The van der Waals surface area contributed by atoms with E-state index in [4.69, 9.17) is 10.5 Å². The third kappa shape index (κ3) is 1.29. The number of ether oxygens (including phenoxy) is 1. The number of nitrogens with two attached hydrogens (primary N) is 1. The fraction of sp³-hybridized carbons (Fsp3) is 0.750. The molecule has 0 aromatic carbocycles. The number of carbonyl (C=O) groups is 3. The lowest BCUT2D eigenvalue weighted by Crippen LogP contribution is -2.49. The van der Waals surface area contributed by atoms with Crippen LogP contribution in [-0.2, 0) is 19.1 Å². The largest absolute Gasteiger partial charge is 0.373 e. The van der Waals surface area contributed by atoms with Crippen LogP contribution in [0.2, 0.25) is 0 Å². The van der Waals surface area contributed by atoms with Crippen molar-refractivity contribution in [2.24, 2.45) is 17.6 Å². The van der Waals surface area contributed by atoms with Crippen LogP contribution < -0.4 is 5.73 Å². The molecule has 0 spiro atoms. The fourth-order valence-electron chi connectivity index (χ4n) is 3.55. The summed E-state index contributed by atoms with van der Waals surface area (Å²) in [6, 6.07) is -0.810. The second-order valence-corrected chi connectivity index (χ2v) is 5.21. The molecule has 98 valence electrons.